The van der Waals surface area contributed by atoms with Crippen molar-refractivity contribution in [1.29, 1.82) is 0 Å². The highest BCUT2D eigenvalue weighted by Crippen LogP contribution is 2.27. The van der Waals surface area contributed by atoms with Crippen LogP contribution in [0.3, 0.4) is 0 Å². The molecule has 1 N–H and O–H groups in total. The summed E-state index contributed by atoms with van der Waals surface area (Å²) in [6.07, 6.45) is 3.83. The van der Waals surface area contributed by atoms with Crippen molar-refractivity contribution in [2.24, 2.45) is 0 Å². The van der Waals surface area contributed by atoms with Crippen molar-refractivity contribution in [3.63, 3.8) is 0 Å². The SMILES string of the molecule is CCC1(CN(C)c2ccccc2C)CCCN1. The second-order valence-corrected chi connectivity index (χ2v) is 5.31. The van der Waals surface area contributed by atoms with Crippen LogP contribution < -0.4 is 10.2 Å². The maximum atomic E-state index is 3.70. The number of rotatable bonds is 4. The van der Waals surface area contributed by atoms with E-state index in [9.17, 15) is 0 Å². The summed E-state index contributed by atoms with van der Waals surface area (Å²) >= 11 is 0. The summed E-state index contributed by atoms with van der Waals surface area (Å²) in [5, 5.41) is 3.70. The molecule has 0 aliphatic carbocycles. The zero-order valence-corrected chi connectivity index (χ0v) is 11.3. The Morgan fingerprint density at radius 2 is 2.12 bits per heavy atom. The molecule has 1 aliphatic rings. The third kappa shape index (κ3) is 2.63. The van der Waals surface area contributed by atoms with Crippen LogP contribution >= 0.6 is 0 Å². The Hall–Kier alpha value is -1.02. The minimum Gasteiger partial charge on any atom is -0.373 e. The standard InChI is InChI=1S/C15H24N2/c1-4-15(10-7-11-16-15)12-17(3)14-9-6-5-8-13(14)2/h5-6,8-9,16H,4,7,10-12H2,1-3H3. The smallest absolute Gasteiger partial charge is 0.0393 e. The van der Waals surface area contributed by atoms with Gasteiger partial charge in [0.25, 0.3) is 0 Å². The fourth-order valence-electron chi connectivity index (χ4n) is 2.95. The van der Waals surface area contributed by atoms with Gasteiger partial charge >= 0.3 is 0 Å². The van der Waals surface area contributed by atoms with Gasteiger partial charge in [0, 0.05) is 24.8 Å². The molecule has 2 nitrogen and oxygen atoms in total. The quantitative estimate of drug-likeness (QED) is 0.858. The summed E-state index contributed by atoms with van der Waals surface area (Å²) < 4.78 is 0. The number of benzene rings is 1. The highest BCUT2D eigenvalue weighted by molar-refractivity contribution is 5.52. The summed E-state index contributed by atoms with van der Waals surface area (Å²) in [6.45, 7) is 6.76. The predicted molar refractivity (Wildman–Crippen MR) is 74.7 cm³/mol. The first-order valence-corrected chi connectivity index (χ1v) is 6.69. The van der Waals surface area contributed by atoms with E-state index in [0.717, 1.165) is 6.54 Å². The van der Waals surface area contributed by atoms with Crippen molar-refractivity contribution in [2.45, 2.75) is 38.6 Å². The minimum atomic E-state index is 0.330. The van der Waals surface area contributed by atoms with Gasteiger partial charge in [-0.1, -0.05) is 25.1 Å². The molecule has 0 aromatic heterocycles. The topological polar surface area (TPSA) is 15.3 Å². The molecule has 1 unspecified atom stereocenters. The lowest BCUT2D eigenvalue weighted by atomic mass is 9.93. The van der Waals surface area contributed by atoms with Crippen LogP contribution in [0.1, 0.15) is 31.7 Å². The van der Waals surface area contributed by atoms with Gasteiger partial charge in [0.2, 0.25) is 0 Å². The van der Waals surface area contributed by atoms with Crippen molar-refractivity contribution in [1.82, 2.24) is 5.32 Å². The highest BCUT2D eigenvalue weighted by atomic mass is 15.2. The monoisotopic (exact) mass is 232 g/mol. The molecule has 0 spiro atoms. The average molecular weight is 232 g/mol. The fraction of sp³-hybridized carbons (Fsp3) is 0.600. The van der Waals surface area contributed by atoms with E-state index in [-0.39, 0.29) is 0 Å². The Balaban J connectivity index is 2.11. The van der Waals surface area contributed by atoms with Crippen molar-refractivity contribution in [3.05, 3.63) is 29.8 Å². The largest absolute Gasteiger partial charge is 0.373 e. The van der Waals surface area contributed by atoms with Crippen LogP contribution in [-0.4, -0.2) is 25.7 Å². The molecule has 1 aliphatic heterocycles. The Bertz CT molecular complexity index is 367. The second-order valence-electron chi connectivity index (χ2n) is 5.31. The molecule has 2 heteroatoms. The van der Waals surface area contributed by atoms with E-state index in [1.54, 1.807) is 0 Å². The van der Waals surface area contributed by atoms with Crippen LogP contribution in [0.5, 0.6) is 0 Å². The summed E-state index contributed by atoms with van der Waals surface area (Å²) in [4.78, 5) is 2.40. The number of nitrogens with one attached hydrogen (secondary N) is 1. The van der Waals surface area contributed by atoms with Crippen LogP contribution in [0.2, 0.25) is 0 Å². The van der Waals surface area contributed by atoms with Crippen LogP contribution in [-0.2, 0) is 0 Å². The fourth-order valence-corrected chi connectivity index (χ4v) is 2.95. The van der Waals surface area contributed by atoms with Gasteiger partial charge < -0.3 is 10.2 Å². The first-order valence-electron chi connectivity index (χ1n) is 6.69. The summed E-state index contributed by atoms with van der Waals surface area (Å²) in [5.41, 5.74) is 3.05. The molecule has 1 aromatic rings. The van der Waals surface area contributed by atoms with Crippen LogP contribution in [0.15, 0.2) is 24.3 Å². The lowest BCUT2D eigenvalue weighted by molar-refractivity contribution is 0.367. The molecule has 0 bridgehead atoms. The molecule has 0 radical (unpaired) electrons. The van der Waals surface area contributed by atoms with Gasteiger partial charge in [-0.25, -0.2) is 0 Å². The number of anilines is 1. The molecular weight excluding hydrogens is 208 g/mol. The van der Waals surface area contributed by atoms with Crippen molar-refractivity contribution >= 4 is 5.69 Å². The molecule has 94 valence electrons. The van der Waals surface area contributed by atoms with Gasteiger partial charge in [0.1, 0.15) is 0 Å². The van der Waals surface area contributed by atoms with Crippen LogP contribution in [0.25, 0.3) is 0 Å². The zero-order chi connectivity index (χ0) is 12.3. The first kappa shape index (κ1) is 12.4. The molecule has 1 fully saturated rings. The number of likely N-dealkylation sites (N-methyl/N-ethyl adjacent to an activating group) is 1. The molecule has 17 heavy (non-hydrogen) atoms. The second kappa shape index (κ2) is 5.09. The molecule has 1 heterocycles. The van der Waals surface area contributed by atoms with E-state index in [1.807, 2.05) is 0 Å². The molecule has 1 saturated heterocycles. The average Bonchev–Trinajstić information content (AvgIpc) is 2.79. The number of hydrogen-bond donors (Lipinski definition) is 1. The number of para-hydroxylation sites is 1. The van der Waals surface area contributed by atoms with Gasteiger partial charge in [0.05, 0.1) is 0 Å². The van der Waals surface area contributed by atoms with E-state index in [0.29, 0.717) is 5.54 Å². The first-order chi connectivity index (χ1) is 8.17. The molecule has 2 rings (SSSR count). The maximum absolute atomic E-state index is 3.70. The van der Waals surface area contributed by atoms with Gasteiger partial charge in [-0.05, 0) is 44.4 Å². The van der Waals surface area contributed by atoms with Crippen molar-refractivity contribution in [2.75, 3.05) is 25.0 Å². The number of aryl methyl sites for hydroxylation is 1. The summed E-state index contributed by atoms with van der Waals surface area (Å²) in [5.74, 6) is 0. The molecule has 0 amide bonds. The van der Waals surface area contributed by atoms with Crippen LogP contribution in [0.4, 0.5) is 5.69 Å². The lowest BCUT2D eigenvalue weighted by Gasteiger charge is -2.34. The maximum Gasteiger partial charge on any atom is 0.0393 e. The third-order valence-corrected chi connectivity index (χ3v) is 4.08. The van der Waals surface area contributed by atoms with E-state index < -0.39 is 0 Å². The summed E-state index contributed by atoms with van der Waals surface area (Å²) in [6, 6.07) is 8.63. The highest BCUT2D eigenvalue weighted by Gasteiger charge is 2.32. The van der Waals surface area contributed by atoms with Gasteiger partial charge in [-0.2, -0.15) is 0 Å². The molecule has 1 atom stereocenters. The zero-order valence-electron chi connectivity index (χ0n) is 11.3. The molecule has 0 saturated carbocycles. The van der Waals surface area contributed by atoms with Gasteiger partial charge in [-0.15, -0.1) is 0 Å². The minimum absolute atomic E-state index is 0.330. The van der Waals surface area contributed by atoms with E-state index in [1.165, 1.54) is 37.1 Å². The van der Waals surface area contributed by atoms with Crippen molar-refractivity contribution in [3.8, 4) is 0 Å². The number of hydrogen-bond acceptors (Lipinski definition) is 2. The van der Waals surface area contributed by atoms with E-state index >= 15 is 0 Å². The predicted octanol–water partition coefficient (Wildman–Crippen LogP) is 2.96. The molecule has 1 aromatic carbocycles. The van der Waals surface area contributed by atoms with Crippen LogP contribution in [0, 0.1) is 6.92 Å². The lowest BCUT2D eigenvalue weighted by Crippen LogP contribution is -2.48. The normalized spacial score (nSPS) is 23.9. The number of nitrogens with zero attached hydrogens (tertiary/aromatic N) is 1. The molecular formula is C15H24N2. The Morgan fingerprint density at radius 3 is 2.71 bits per heavy atom. The van der Waals surface area contributed by atoms with E-state index in [2.05, 4.69) is 55.4 Å². The van der Waals surface area contributed by atoms with Crippen molar-refractivity contribution < 1.29 is 0 Å². The Kier molecular flexibility index (Phi) is 3.72. The van der Waals surface area contributed by atoms with Gasteiger partial charge in [-0.3, -0.25) is 0 Å². The van der Waals surface area contributed by atoms with E-state index in [4.69, 9.17) is 0 Å². The third-order valence-electron chi connectivity index (χ3n) is 4.08. The Labute approximate surface area is 105 Å². The summed E-state index contributed by atoms with van der Waals surface area (Å²) in [7, 11) is 2.21. The Morgan fingerprint density at radius 1 is 1.35 bits per heavy atom. The van der Waals surface area contributed by atoms with Gasteiger partial charge in [0.15, 0.2) is 0 Å².